The molecule has 20 heavy (non-hydrogen) atoms. The Morgan fingerprint density at radius 2 is 2.00 bits per heavy atom. The SMILES string of the molecule is Cc1c(CNc2cccc(NS(C)(=O)=O)c2)cnn1C. The van der Waals surface area contributed by atoms with E-state index >= 15 is 0 Å². The van der Waals surface area contributed by atoms with E-state index in [9.17, 15) is 8.42 Å². The van der Waals surface area contributed by atoms with Gasteiger partial charge in [-0.25, -0.2) is 8.42 Å². The van der Waals surface area contributed by atoms with Crippen molar-refractivity contribution in [3.8, 4) is 0 Å². The lowest BCUT2D eigenvalue weighted by molar-refractivity contribution is 0.607. The standard InChI is InChI=1S/C13H18N4O2S/c1-10-11(9-15-17(10)2)8-14-12-5-4-6-13(7-12)16-20(3,18)19/h4-7,9,14,16H,8H2,1-3H3. The van der Waals surface area contributed by atoms with Gasteiger partial charge in [0.2, 0.25) is 10.0 Å². The van der Waals surface area contributed by atoms with Crippen molar-refractivity contribution in [3.05, 3.63) is 41.7 Å². The van der Waals surface area contributed by atoms with E-state index in [-0.39, 0.29) is 0 Å². The Hall–Kier alpha value is -2.02. The summed E-state index contributed by atoms with van der Waals surface area (Å²) in [6, 6.07) is 7.15. The van der Waals surface area contributed by atoms with E-state index in [1.165, 1.54) is 0 Å². The van der Waals surface area contributed by atoms with E-state index in [4.69, 9.17) is 0 Å². The van der Waals surface area contributed by atoms with Crippen LogP contribution in [0.25, 0.3) is 0 Å². The molecule has 0 amide bonds. The number of sulfonamides is 1. The summed E-state index contributed by atoms with van der Waals surface area (Å²) in [5, 5.41) is 7.43. The van der Waals surface area contributed by atoms with Crippen molar-refractivity contribution in [2.24, 2.45) is 7.05 Å². The minimum absolute atomic E-state index is 0.542. The van der Waals surface area contributed by atoms with Crippen molar-refractivity contribution in [1.82, 2.24) is 9.78 Å². The van der Waals surface area contributed by atoms with E-state index in [0.717, 1.165) is 23.2 Å². The van der Waals surface area contributed by atoms with Gasteiger partial charge >= 0.3 is 0 Å². The molecular weight excluding hydrogens is 276 g/mol. The molecule has 1 heterocycles. The van der Waals surface area contributed by atoms with Crippen molar-refractivity contribution in [2.75, 3.05) is 16.3 Å². The van der Waals surface area contributed by atoms with Crippen LogP contribution in [-0.2, 0) is 23.6 Å². The molecule has 2 rings (SSSR count). The second-order valence-corrected chi connectivity index (χ2v) is 6.44. The summed E-state index contributed by atoms with van der Waals surface area (Å²) in [6.45, 7) is 2.65. The quantitative estimate of drug-likeness (QED) is 0.880. The molecule has 0 radical (unpaired) electrons. The molecule has 0 fully saturated rings. The first kappa shape index (κ1) is 14.4. The van der Waals surface area contributed by atoms with Crippen LogP contribution in [0.15, 0.2) is 30.5 Å². The fourth-order valence-electron chi connectivity index (χ4n) is 1.82. The number of hydrogen-bond acceptors (Lipinski definition) is 4. The minimum atomic E-state index is -3.26. The van der Waals surface area contributed by atoms with Crippen LogP contribution in [0.1, 0.15) is 11.3 Å². The molecule has 0 aliphatic heterocycles. The minimum Gasteiger partial charge on any atom is -0.381 e. The van der Waals surface area contributed by atoms with Gasteiger partial charge in [-0.05, 0) is 25.1 Å². The van der Waals surface area contributed by atoms with Crippen LogP contribution in [-0.4, -0.2) is 24.5 Å². The second-order valence-electron chi connectivity index (χ2n) is 4.69. The van der Waals surface area contributed by atoms with E-state index in [2.05, 4.69) is 15.1 Å². The first-order valence-corrected chi connectivity index (χ1v) is 8.03. The Bertz CT molecular complexity index is 707. The number of nitrogens with one attached hydrogen (secondary N) is 2. The van der Waals surface area contributed by atoms with Crippen LogP contribution in [0.5, 0.6) is 0 Å². The third-order valence-corrected chi connectivity index (χ3v) is 3.59. The molecule has 1 aromatic heterocycles. The van der Waals surface area contributed by atoms with Gasteiger partial charge in [-0.2, -0.15) is 5.10 Å². The van der Waals surface area contributed by atoms with Gasteiger partial charge in [0.25, 0.3) is 0 Å². The van der Waals surface area contributed by atoms with Gasteiger partial charge < -0.3 is 5.32 Å². The van der Waals surface area contributed by atoms with Gasteiger partial charge in [0, 0.05) is 30.5 Å². The van der Waals surface area contributed by atoms with Gasteiger partial charge in [0.1, 0.15) is 0 Å². The van der Waals surface area contributed by atoms with Crippen molar-refractivity contribution in [2.45, 2.75) is 13.5 Å². The fraction of sp³-hybridized carbons (Fsp3) is 0.308. The summed E-state index contributed by atoms with van der Waals surface area (Å²) in [5.41, 5.74) is 3.60. The van der Waals surface area contributed by atoms with E-state index in [0.29, 0.717) is 12.2 Å². The van der Waals surface area contributed by atoms with Gasteiger partial charge in [-0.15, -0.1) is 0 Å². The molecule has 7 heteroatoms. The fourth-order valence-corrected chi connectivity index (χ4v) is 2.38. The molecule has 0 spiro atoms. The largest absolute Gasteiger partial charge is 0.381 e. The average molecular weight is 294 g/mol. The summed E-state index contributed by atoms with van der Waals surface area (Å²) < 4.78 is 26.7. The predicted molar refractivity (Wildman–Crippen MR) is 80.2 cm³/mol. The molecule has 0 saturated heterocycles. The first-order valence-electron chi connectivity index (χ1n) is 6.14. The Balaban J connectivity index is 2.07. The van der Waals surface area contributed by atoms with E-state index in [1.54, 1.807) is 18.2 Å². The third-order valence-electron chi connectivity index (χ3n) is 2.99. The smallest absolute Gasteiger partial charge is 0.229 e. The van der Waals surface area contributed by atoms with Crippen LogP contribution in [0.2, 0.25) is 0 Å². The normalized spacial score (nSPS) is 11.3. The summed E-state index contributed by atoms with van der Waals surface area (Å²) in [7, 11) is -1.36. The van der Waals surface area contributed by atoms with Crippen LogP contribution in [0.3, 0.4) is 0 Å². The van der Waals surface area contributed by atoms with E-state index in [1.807, 2.05) is 30.9 Å². The number of nitrogens with zero attached hydrogens (tertiary/aromatic N) is 2. The maximum Gasteiger partial charge on any atom is 0.229 e. The Labute approximate surface area is 118 Å². The van der Waals surface area contributed by atoms with Crippen molar-refractivity contribution in [3.63, 3.8) is 0 Å². The molecule has 0 aliphatic rings. The van der Waals surface area contributed by atoms with Crippen LogP contribution >= 0.6 is 0 Å². The molecule has 1 aromatic carbocycles. The highest BCUT2D eigenvalue weighted by Gasteiger charge is 2.05. The van der Waals surface area contributed by atoms with E-state index < -0.39 is 10.0 Å². The highest BCUT2D eigenvalue weighted by atomic mass is 32.2. The summed E-state index contributed by atoms with van der Waals surface area (Å²) in [4.78, 5) is 0. The second kappa shape index (κ2) is 5.54. The lowest BCUT2D eigenvalue weighted by Gasteiger charge is -2.09. The molecule has 0 unspecified atom stereocenters. The molecule has 0 atom stereocenters. The lowest BCUT2D eigenvalue weighted by atomic mass is 10.2. The Morgan fingerprint density at radius 1 is 1.30 bits per heavy atom. The number of benzene rings is 1. The van der Waals surface area contributed by atoms with Gasteiger partial charge in [-0.1, -0.05) is 6.07 Å². The van der Waals surface area contributed by atoms with Crippen LogP contribution in [0, 0.1) is 6.92 Å². The van der Waals surface area contributed by atoms with Crippen LogP contribution < -0.4 is 10.0 Å². The number of aryl methyl sites for hydroxylation is 1. The predicted octanol–water partition coefficient (Wildman–Crippen LogP) is 1.71. The number of aromatic nitrogens is 2. The number of rotatable bonds is 5. The lowest BCUT2D eigenvalue weighted by Crippen LogP contribution is -2.09. The first-order chi connectivity index (χ1) is 9.35. The highest BCUT2D eigenvalue weighted by Crippen LogP contribution is 2.17. The monoisotopic (exact) mass is 294 g/mol. The summed E-state index contributed by atoms with van der Waals surface area (Å²) in [6.07, 6.45) is 2.95. The Kier molecular flexibility index (Phi) is 3.99. The summed E-state index contributed by atoms with van der Waals surface area (Å²) >= 11 is 0. The van der Waals surface area contributed by atoms with Crippen molar-refractivity contribution < 1.29 is 8.42 Å². The van der Waals surface area contributed by atoms with Gasteiger partial charge in [0.05, 0.1) is 18.1 Å². The van der Waals surface area contributed by atoms with Gasteiger partial charge in [0.15, 0.2) is 0 Å². The van der Waals surface area contributed by atoms with Gasteiger partial charge in [-0.3, -0.25) is 9.40 Å². The molecule has 0 bridgehead atoms. The van der Waals surface area contributed by atoms with Crippen molar-refractivity contribution >= 4 is 21.4 Å². The topological polar surface area (TPSA) is 76.0 Å². The highest BCUT2D eigenvalue weighted by molar-refractivity contribution is 7.92. The van der Waals surface area contributed by atoms with Crippen LogP contribution in [0.4, 0.5) is 11.4 Å². The average Bonchev–Trinajstić information content (AvgIpc) is 2.66. The maximum absolute atomic E-state index is 11.2. The number of hydrogen-bond donors (Lipinski definition) is 2. The summed E-state index contributed by atoms with van der Waals surface area (Å²) in [5.74, 6) is 0. The zero-order valence-electron chi connectivity index (χ0n) is 11.7. The molecular formula is C13H18N4O2S. The third kappa shape index (κ3) is 3.74. The maximum atomic E-state index is 11.2. The molecule has 6 nitrogen and oxygen atoms in total. The molecule has 0 saturated carbocycles. The molecule has 0 aliphatic carbocycles. The molecule has 2 N–H and O–H groups in total. The zero-order chi connectivity index (χ0) is 14.8. The van der Waals surface area contributed by atoms with Crippen molar-refractivity contribution in [1.29, 1.82) is 0 Å². The number of anilines is 2. The molecule has 108 valence electrons. The Morgan fingerprint density at radius 3 is 2.60 bits per heavy atom. The molecule has 2 aromatic rings. The zero-order valence-corrected chi connectivity index (χ0v) is 12.5.